The minimum Gasteiger partial charge on any atom is 0 e. The van der Waals surface area contributed by atoms with Gasteiger partial charge in [0.25, 0.3) is 0 Å². The predicted octanol–water partition coefficient (Wildman–Crippen LogP) is 4.98. The molecule has 2 aliphatic rings. The van der Waals surface area contributed by atoms with Crippen molar-refractivity contribution in [3.8, 4) is 0 Å². The van der Waals surface area contributed by atoms with Crippen molar-refractivity contribution in [1.29, 1.82) is 0 Å². The normalized spacial score (nSPS) is 30.9. The van der Waals surface area contributed by atoms with E-state index in [0.29, 0.717) is 25.2 Å². The average molecular weight is 484 g/mol. The van der Waals surface area contributed by atoms with E-state index in [4.69, 9.17) is 52.9 Å². The summed E-state index contributed by atoms with van der Waals surface area (Å²) >= 11 is 0.00694. The van der Waals surface area contributed by atoms with Crippen LogP contribution in [0.15, 0.2) is 0 Å². The zero-order chi connectivity index (χ0) is 20.5. The second kappa shape index (κ2) is 18.6. The summed E-state index contributed by atoms with van der Waals surface area (Å²) in [6.07, 6.45) is 6.64. The van der Waals surface area contributed by atoms with E-state index in [1.807, 2.05) is 0 Å². The molecule has 7 nitrogen and oxygen atoms in total. The van der Waals surface area contributed by atoms with E-state index in [-0.39, 0.29) is 30.9 Å². The molecule has 1 saturated carbocycles. The van der Waals surface area contributed by atoms with Gasteiger partial charge in [0, 0.05) is 5.71 Å². The third-order valence-electron chi connectivity index (χ3n) is 5.09. The molecule has 1 aliphatic carbocycles. The minimum atomic E-state index is 0. The fourth-order valence-electron chi connectivity index (χ4n) is 3.63. The molecule has 1 saturated heterocycles. The van der Waals surface area contributed by atoms with Crippen LogP contribution in [0.4, 0.5) is 0 Å². The molecule has 1 aliphatic heterocycles. The van der Waals surface area contributed by atoms with E-state index < -0.39 is 0 Å². The van der Waals surface area contributed by atoms with E-state index in [2.05, 4.69) is 5.32 Å². The summed E-state index contributed by atoms with van der Waals surface area (Å²) in [5, 5.41) is 24.1. The van der Waals surface area contributed by atoms with E-state index in [1.165, 1.54) is 19.3 Å². The third kappa shape index (κ3) is 12.5. The van der Waals surface area contributed by atoms with Gasteiger partial charge in [-0.15, -0.1) is 0 Å². The third-order valence-corrected chi connectivity index (χ3v) is 5.09. The summed E-state index contributed by atoms with van der Waals surface area (Å²) in [5.74, 6) is 0. The van der Waals surface area contributed by atoms with Crippen molar-refractivity contribution in [2.75, 3.05) is 52.4 Å². The Morgan fingerprint density at radius 1 is 0.750 bits per heavy atom. The van der Waals surface area contributed by atoms with Gasteiger partial charge in [0.2, 0.25) is 0 Å². The summed E-state index contributed by atoms with van der Waals surface area (Å²) < 4.78 is 0. The quantitative estimate of drug-likeness (QED) is 0.547. The number of rotatable bonds is 4. The van der Waals surface area contributed by atoms with Gasteiger partial charge in [-0.25, -0.2) is 0 Å². The number of hydrogen-bond donors (Lipinski definition) is 2. The van der Waals surface area contributed by atoms with Crippen molar-refractivity contribution in [1.82, 2.24) is 0 Å². The maximum Gasteiger partial charge on any atom is 0 e. The maximum absolute atomic E-state index is 5.79. The molecule has 1 heterocycles. The Bertz CT molecular complexity index is 375. The Hall–Kier alpha value is 0.819. The van der Waals surface area contributed by atoms with Crippen LogP contribution in [0.1, 0.15) is 44.2 Å². The molecule has 0 aromatic carbocycles. The molecule has 0 aromatic heterocycles. The van der Waals surface area contributed by atoms with Crippen LogP contribution in [0, 0.1) is 0 Å². The van der Waals surface area contributed by atoms with Crippen LogP contribution in [0.25, 0.3) is 26.6 Å². The standard InChI is InChI=1S/C18H36N7.2ClH.Mn.4H2/c19-7-5-15-13-24-16(6-8-20)14-25-18-4-2-1-3-17(18)23-12-10-21-9-11-22-15;;;;;;;/h15-18H,1-14,19-20H2;2*1H;;4*1H/q-5;;;+2;;;;/p-2/t15-,16-,17+,18+;;;;;;;/m0......./s1. The second-order valence-corrected chi connectivity index (χ2v) is 9.10. The fourth-order valence-corrected chi connectivity index (χ4v) is 3.63. The van der Waals surface area contributed by atoms with Crippen molar-refractivity contribution in [3.63, 3.8) is 0 Å². The molecule has 0 unspecified atom stereocenters. The predicted molar refractivity (Wildman–Crippen MR) is 127 cm³/mol. The van der Waals surface area contributed by atoms with Crippen molar-refractivity contribution >= 4 is 20.2 Å². The van der Waals surface area contributed by atoms with Crippen molar-refractivity contribution in [2.24, 2.45) is 11.5 Å². The Labute approximate surface area is 192 Å². The molecule has 4 N–H and O–H groups in total. The zero-order valence-electron chi connectivity index (χ0n) is 16.7. The van der Waals surface area contributed by atoms with Gasteiger partial charge < -0.3 is 38.1 Å². The second-order valence-electron chi connectivity index (χ2n) is 7.15. The van der Waals surface area contributed by atoms with Gasteiger partial charge in [-0.3, -0.25) is 0 Å². The van der Waals surface area contributed by atoms with E-state index >= 15 is 0 Å². The summed E-state index contributed by atoms with van der Waals surface area (Å²) in [6, 6.07) is 1.15. The SMILES string of the molecule is NCC[C@H]1C[N-][C@@H](CCN)C[N-][C@@H]2CCCC[C@H]2[N-]CC[N-]CC[N-]1.[Cl][Mn][Cl].[HH].[HH].[HH].[HH]. The summed E-state index contributed by atoms with van der Waals surface area (Å²) in [4.78, 5) is 0. The molecule has 0 spiro atoms. The van der Waals surface area contributed by atoms with Crippen molar-refractivity contribution in [2.45, 2.75) is 62.7 Å². The summed E-state index contributed by atoms with van der Waals surface area (Å²) in [5.41, 5.74) is 11.5. The van der Waals surface area contributed by atoms with Gasteiger partial charge in [-0.05, 0) is 13.1 Å². The van der Waals surface area contributed by atoms with E-state index in [1.54, 1.807) is 0 Å². The van der Waals surface area contributed by atoms with Crippen LogP contribution in [0.5, 0.6) is 0 Å². The average Bonchev–Trinajstić information content (AvgIpc) is 2.70. The smallest absolute Gasteiger partial charge is 0 e. The van der Waals surface area contributed by atoms with E-state index in [9.17, 15) is 0 Å². The molecule has 10 heteroatoms. The van der Waals surface area contributed by atoms with Gasteiger partial charge in [0.1, 0.15) is 0 Å². The summed E-state index contributed by atoms with van der Waals surface area (Å²) in [7, 11) is 9.59. The largest absolute Gasteiger partial charge is 0 e. The van der Waals surface area contributed by atoms with Crippen LogP contribution >= 0.6 is 20.2 Å². The molecule has 2 fully saturated rings. The Morgan fingerprint density at radius 2 is 1.25 bits per heavy atom. The Morgan fingerprint density at radius 3 is 1.86 bits per heavy atom. The zero-order valence-corrected chi connectivity index (χ0v) is 19.4. The fraction of sp³-hybridized carbons (Fsp3) is 1.00. The molecule has 0 bridgehead atoms. The molecule has 0 aromatic rings. The number of hydrogen-bond acceptors (Lipinski definition) is 2. The summed E-state index contributed by atoms with van der Waals surface area (Å²) in [6.45, 7) is 5.97. The molecule has 0 radical (unpaired) electrons. The number of nitrogens with two attached hydrogens (primary N) is 2. The first-order valence-corrected chi connectivity index (χ1v) is 13.6. The monoisotopic (exact) mass is 483 g/mol. The molecule has 177 valence electrons. The van der Waals surface area contributed by atoms with Crippen LogP contribution in [-0.4, -0.2) is 76.5 Å². The van der Waals surface area contributed by atoms with Gasteiger partial charge >= 0.3 is 33.3 Å². The van der Waals surface area contributed by atoms with Crippen LogP contribution in [-0.2, 0) is 13.1 Å². The maximum atomic E-state index is 5.79. The Kier molecular flexibility index (Phi) is 17.8. The molecular formula is C18H44Cl2MnN7-5. The van der Waals surface area contributed by atoms with Crippen LogP contribution in [0.2, 0.25) is 0 Å². The first kappa shape index (κ1) is 26.9. The van der Waals surface area contributed by atoms with Gasteiger partial charge in [-0.2, -0.15) is 63.4 Å². The van der Waals surface area contributed by atoms with Gasteiger partial charge in [0.05, 0.1) is 0 Å². The number of nitrogens with zero attached hydrogens (tertiary/aromatic N) is 5. The van der Waals surface area contributed by atoms with Crippen molar-refractivity contribution in [3.05, 3.63) is 26.6 Å². The molecule has 2 rings (SSSR count). The molecule has 28 heavy (non-hydrogen) atoms. The van der Waals surface area contributed by atoms with Gasteiger partial charge in [0.15, 0.2) is 0 Å². The van der Waals surface area contributed by atoms with Crippen LogP contribution < -0.4 is 11.5 Å². The van der Waals surface area contributed by atoms with Crippen LogP contribution in [0.3, 0.4) is 0 Å². The topological polar surface area (TPSA) is 123 Å². The van der Waals surface area contributed by atoms with Gasteiger partial charge in [-0.1, -0.05) is 38.5 Å². The first-order valence-electron chi connectivity index (χ1n) is 10.3. The molecular weight excluding hydrogens is 440 g/mol. The number of halogens is 2. The van der Waals surface area contributed by atoms with Crippen molar-refractivity contribution < 1.29 is 18.8 Å². The number of fused-ring (bicyclic) bond motifs is 1. The van der Waals surface area contributed by atoms with E-state index in [0.717, 1.165) is 58.5 Å². The minimum absolute atomic E-state index is 0. The molecule has 0 amide bonds. The molecule has 4 atom stereocenters. The first-order chi connectivity index (χ1) is 13.7. The Balaban J connectivity index is -0.000000530.